The van der Waals surface area contributed by atoms with Gasteiger partial charge in [0.2, 0.25) is 0 Å². The van der Waals surface area contributed by atoms with Crippen molar-refractivity contribution in [2.24, 2.45) is 4.99 Å². The Balaban J connectivity index is 2.59. The van der Waals surface area contributed by atoms with Crippen LogP contribution < -0.4 is 10.6 Å². The van der Waals surface area contributed by atoms with Gasteiger partial charge in [-0.05, 0) is 31.0 Å². The molecular formula is C11H11NO2. The van der Waals surface area contributed by atoms with Crippen molar-refractivity contribution < 1.29 is 9.90 Å². The molecule has 1 aromatic carbocycles. The molecule has 0 aliphatic carbocycles. The van der Waals surface area contributed by atoms with Crippen molar-refractivity contribution in [3.8, 4) is 0 Å². The molecule has 0 saturated carbocycles. The largest absolute Gasteiger partial charge is 0.481 e. The van der Waals surface area contributed by atoms with Crippen LogP contribution in [-0.2, 0) is 4.79 Å². The van der Waals surface area contributed by atoms with Crippen molar-refractivity contribution in [1.29, 1.82) is 0 Å². The average Bonchev–Trinajstić information content (AvgIpc) is 2.06. The maximum absolute atomic E-state index is 10.5. The summed E-state index contributed by atoms with van der Waals surface area (Å²) in [5.41, 5.74) is 3.03. The van der Waals surface area contributed by atoms with E-state index in [0.29, 0.717) is 5.70 Å². The number of aliphatic carboxylic acids is 1. The van der Waals surface area contributed by atoms with Crippen molar-refractivity contribution in [2.75, 3.05) is 0 Å². The van der Waals surface area contributed by atoms with E-state index in [2.05, 4.69) is 4.99 Å². The molecule has 0 radical (unpaired) electrons. The number of hydrogen-bond acceptors (Lipinski definition) is 2. The van der Waals surface area contributed by atoms with Crippen LogP contribution in [0.15, 0.2) is 17.1 Å². The van der Waals surface area contributed by atoms with E-state index in [1.54, 1.807) is 0 Å². The molecule has 0 amide bonds. The SMILES string of the molecule is Cc1ccc2c(c1C)=C(CC(=O)O)N=2. The highest BCUT2D eigenvalue weighted by molar-refractivity contribution is 5.78. The maximum atomic E-state index is 10.5. The minimum absolute atomic E-state index is 0.0251. The van der Waals surface area contributed by atoms with Crippen LogP contribution in [0.4, 0.5) is 0 Å². The van der Waals surface area contributed by atoms with Crippen molar-refractivity contribution in [1.82, 2.24) is 0 Å². The molecule has 0 fully saturated rings. The maximum Gasteiger partial charge on any atom is 0.309 e. The fourth-order valence-corrected chi connectivity index (χ4v) is 1.68. The summed E-state index contributed by atoms with van der Waals surface area (Å²) in [5.74, 6) is -0.824. The Bertz CT molecular complexity index is 529. The number of nitrogens with zero attached hydrogens (tertiary/aromatic N) is 1. The Labute approximate surface area is 81.4 Å². The minimum atomic E-state index is -0.824. The van der Waals surface area contributed by atoms with Crippen molar-refractivity contribution in [3.63, 3.8) is 0 Å². The van der Waals surface area contributed by atoms with Crippen molar-refractivity contribution >= 4 is 11.7 Å². The van der Waals surface area contributed by atoms with Gasteiger partial charge in [-0.2, -0.15) is 0 Å². The van der Waals surface area contributed by atoms with Crippen LogP contribution in [0.3, 0.4) is 0 Å². The molecule has 1 aliphatic rings. The number of rotatable bonds is 2. The molecule has 0 atom stereocenters. The van der Waals surface area contributed by atoms with Crippen LogP contribution in [0, 0.1) is 13.8 Å². The zero-order valence-electron chi connectivity index (χ0n) is 8.16. The second-order valence-corrected chi connectivity index (χ2v) is 3.53. The lowest BCUT2D eigenvalue weighted by Gasteiger charge is -2.11. The number of aryl methyl sites for hydroxylation is 1. The van der Waals surface area contributed by atoms with E-state index in [-0.39, 0.29) is 6.42 Å². The first-order valence-corrected chi connectivity index (χ1v) is 4.49. The molecule has 1 N–H and O–H groups in total. The summed E-state index contributed by atoms with van der Waals surface area (Å²) < 4.78 is 0. The molecule has 0 saturated heterocycles. The van der Waals surface area contributed by atoms with E-state index in [1.165, 1.54) is 5.56 Å². The fourth-order valence-electron chi connectivity index (χ4n) is 1.68. The van der Waals surface area contributed by atoms with Gasteiger partial charge in [-0.1, -0.05) is 6.07 Å². The van der Waals surface area contributed by atoms with Gasteiger partial charge in [-0.15, -0.1) is 0 Å². The second kappa shape index (κ2) is 2.94. The number of carbonyl (C=O) groups is 1. The van der Waals surface area contributed by atoms with Gasteiger partial charge in [-0.3, -0.25) is 9.79 Å². The Kier molecular flexibility index (Phi) is 1.88. The first-order valence-electron chi connectivity index (χ1n) is 4.49. The molecule has 0 spiro atoms. The lowest BCUT2D eigenvalue weighted by Crippen LogP contribution is -2.38. The van der Waals surface area contributed by atoms with Crippen molar-refractivity contribution in [2.45, 2.75) is 20.3 Å². The topological polar surface area (TPSA) is 49.7 Å². The predicted molar refractivity (Wildman–Crippen MR) is 52.4 cm³/mol. The molecule has 1 aliphatic heterocycles. The van der Waals surface area contributed by atoms with E-state index in [4.69, 9.17) is 5.11 Å². The fraction of sp³-hybridized carbons (Fsp3) is 0.273. The number of hydrogen-bond donors (Lipinski definition) is 1. The Morgan fingerprint density at radius 3 is 2.79 bits per heavy atom. The zero-order valence-corrected chi connectivity index (χ0v) is 8.16. The molecule has 0 bridgehead atoms. The smallest absolute Gasteiger partial charge is 0.309 e. The van der Waals surface area contributed by atoms with Gasteiger partial charge in [0.05, 0.1) is 17.5 Å². The third-order valence-corrected chi connectivity index (χ3v) is 2.58. The Morgan fingerprint density at radius 1 is 1.43 bits per heavy atom. The summed E-state index contributed by atoms with van der Waals surface area (Å²) in [6, 6.07) is 3.94. The van der Waals surface area contributed by atoms with Crippen LogP contribution in [0.25, 0.3) is 5.70 Å². The van der Waals surface area contributed by atoms with Crippen LogP contribution in [-0.4, -0.2) is 11.1 Å². The van der Waals surface area contributed by atoms with Crippen LogP contribution in [0.1, 0.15) is 17.5 Å². The van der Waals surface area contributed by atoms with Gasteiger partial charge in [0.15, 0.2) is 0 Å². The number of benzene rings is 1. The summed E-state index contributed by atoms with van der Waals surface area (Å²) in [6.45, 7) is 4.02. The third kappa shape index (κ3) is 1.21. The van der Waals surface area contributed by atoms with Gasteiger partial charge in [0.25, 0.3) is 0 Å². The number of carboxylic acid groups (broad SMARTS) is 1. The molecule has 0 aromatic heterocycles. The molecule has 3 nitrogen and oxygen atoms in total. The van der Waals surface area contributed by atoms with E-state index < -0.39 is 5.97 Å². The lowest BCUT2D eigenvalue weighted by atomic mass is 10.0. The van der Waals surface area contributed by atoms with Gasteiger partial charge in [0.1, 0.15) is 0 Å². The molecule has 0 unspecified atom stereocenters. The van der Waals surface area contributed by atoms with Crippen LogP contribution in [0.5, 0.6) is 0 Å². The molecule has 3 heteroatoms. The van der Waals surface area contributed by atoms with Crippen molar-refractivity contribution in [3.05, 3.63) is 33.8 Å². The summed E-state index contributed by atoms with van der Waals surface area (Å²) in [6.07, 6.45) is 0.0251. The standard InChI is InChI=1S/C11H11NO2/c1-6-3-4-8-11(7(6)2)9(12-8)5-10(13)14/h3-4H,5H2,1-2H3,(H,13,14). The summed E-state index contributed by atoms with van der Waals surface area (Å²) >= 11 is 0. The van der Waals surface area contributed by atoms with E-state index in [0.717, 1.165) is 16.1 Å². The van der Waals surface area contributed by atoms with Gasteiger partial charge >= 0.3 is 5.97 Å². The van der Waals surface area contributed by atoms with E-state index in [9.17, 15) is 4.79 Å². The highest BCUT2D eigenvalue weighted by Crippen LogP contribution is 2.08. The second-order valence-electron chi connectivity index (χ2n) is 3.53. The van der Waals surface area contributed by atoms with Crippen LogP contribution in [0.2, 0.25) is 0 Å². The lowest BCUT2D eigenvalue weighted by molar-refractivity contribution is -0.135. The molecular weight excluding hydrogens is 178 g/mol. The minimum Gasteiger partial charge on any atom is -0.481 e. The summed E-state index contributed by atoms with van der Waals surface area (Å²) in [4.78, 5) is 14.7. The number of fused-ring (bicyclic) bond motifs is 1. The average molecular weight is 189 g/mol. The third-order valence-electron chi connectivity index (χ3n) is 2.58. The Morgan fingerprint density at radius 2 is 2.14 bits per heavy atom. The van der Waals surface area contributed by atoms with Gasteiger partial charge < -0.3 is 5.11 Å². The molecule has 1 heterocycles. The summed E-state index contributed by atoms with van der Waals surface area (Å²) in [7, 11) is 0. The normalized spacial score (nSPS) is 12.9. The quantitative estimate of drug-likeness (QED) is 0.737. The monoisotopic (exact) mass is 189 g/mol. The molecule has 72 valence electrons. The predicted octanol–water partition coefficient (Wildman–Crippen LogP) is 0.520. The van der Waals surface area contributed by atoms with Crippen LogP contribution >= 0.6 is 0 Å². The van der Waals surface area contributed by atoms with Gasteiger partial charge in [-0.25, -0.2) is 0 Å². The highest BCUT2D eigenvalue weighted by atomic mass is 16.4. The molecule has 2 rings (SSSR count). The zero-order chi connectivity index (χ0) is 10.3. The summed E-state index contributed by atoms with van der Waals surface area (Å²) in [5, 5.41) is 10.6. The van der Waals surface area contributed by atoms with E-state index >= 15 is 0 Å². The number of carboxylic acids is 1. The first kappa shape index (κ1) is 8.94. The molecule has 1 aromatic rings. The first-order chi connectivity index (χ1) is 6.59. The highest BCUT2D eigenvalue weighted by Gasteiger charge is 2.13. The van der Waals surface area contributed by atoms with E-state index in [1.807, 2.05) is 26.0 Å². The van der Waals surface area contributed by atoms with Gasteiger partial charge in [0, 0.05) is 5.22 Å². The molecule has 14 heavy (non-hydrogen) atoms. The Hall–Kier alpha value is -1.64.